The van der Waals surface area contributed by atoms with E-state index in [1.54, 1.807) is 19.2 Å². The maximum absolute atomic E-state index is 9.04. The second-order valence-electron chi connectivity index (χ2n) is 3.80. The number of nitriles is 1. The summed E-state index contributed by atoms with van der Waals surface area (Å²) >= 11 is 0. The van der Waals surface area contributed by atoms with Crippen molar-refractivity contribution in [3.8, 4) is 6.07 Å². The number of methoxy groups -OCH3 is 1. The largest absolute Gasteiger partial charge is 0.399 e. The Bertz CT molecular complexity index is 398. The Hall–Kier alpha value is -1.73. The van der Waals surface area contributed by atoms with E-state index in [1.165, 1.54) is 0 Å². The lowest BCUT2D eigenvalue weighted by Crippen LogP contribution is -2.33. The Morgan fingerprint density at radius 3 is 2.81 bits per heavy atom. The minimum absolute atomic E-state index is 0.209. The van der Waals surface area contributed by atoms with E-state index >= 15 is 0 Å². The van der Waals surface area contributed by atoms with Crippen molar-refractivity contribution in [1.29, 1.82) is 5.26 Å². The van der Waals surface area contributed by atoms with Crippen LogP contribution in [-0.4, -0.2) is 26.8 Å². The monoisotopic (exact) mass is 219 g/mol. The molecule has 0 heterocycles. The van der Waals surface area contributed by atoms with Gasteiger partial charge in [-0.1, -0.05) is 0 Å². The Morgan fingerprint density at radius 1 is 1.56 bits per heavy atom. The summed E-state index contributed by atoms with van der Waals surface area (Å²) in [5.41, 5.74) is 7.71. The van der Waals surface area contributed by atoms with Gasteiger partial charge in [0.25, 0.3) is 0 Å². The number of hydrogen-bond acceptors (Lipinski definition) is 4. The molecule has 4 nitrogen and oxygen atoms in total. The average Bonchev–Trinajstić information content (AvgIpc) is 2.28. The molecule has 1 aromatic rings. The molecule has 4 heteroatoms. The first-order valence-corrected chi connectivity index (χ1v) is 5.11. The van der Waals surface area contributed by atoms with Crippen LogP contribution in [0.25, 0.3) is 0 Å². The SMILES string of the molecule is COCC(C)N(C)c1ccc(N)cc1C#N. The van der Waals surface area contributed by atoms with E-state index in [-0.39, 0.29) is 6.04 Å². The van der Waals surface area contributed by atoms with Gasteiger partial charge in [0, 0.05) is 25.9 Å². The van der Waals surface area contributed by atoms with E-state index in [9.17, 15) is 0 Å². The molecule has 1 atom stereocenters. The minimum atomic E-state index is 0.209. The summed E-state index contributed by atoms with van der Waals surface area (Å²) in [6.45, 7) is 2.66. The fourth-order valence-electron chi connectivity index (χ4n) is 1.54. The van der Waals surface area contributed by atoms with Crippen LogP contribution in [0.5, 0.6) is 0 Å². The molecule has 0 aliphatic carbocycles. The predicted octanol–water partition coefficient (Wildman–Crippen LogP) is 1.61. The van der Waals surface area contributed by atoms with E-state index in [1.807, 2.05) is 24.9 Å². The molecule has 0 saturated carbocycles. The molecule has 0 aliphatic heterocycles. The summed E-state index contributed by atoms with van der Waals surface area (Å²) in [5, 5.41) is 9.04. The normalized spacial score (nSPS) is 11.9. The fraction of sp³-hybridized carbons (Fsp3) is 0.417. The van der Waals surface area contributed by atoms with E-state index in [4.69, 9.17) is 15.7 Å². The molecule has 0 aliphatic rings. The van der Waals surface area contributed by atoms with Crippen molar-refractivity contribution in [3.05, 3.63) is 23.8 Å². The molecule has 0 bridgehead atoms. The zero-order valence-electron chi connectivity index (χ0n) is 9.90. The first kappa shape index (κ1) is 12.3. The van der Waals surface area contributed by atoms with Gasteiger partial charge in [-0.3, -0.25) is 0 Å². The lowest BCUT2D eigenvalue weighted by molar-refractivity contribution is 0.183. The molecule has 0 amide bonds. The Morgan fingerprint density at radius 2 is 2.25 bits per heavy atom. The average molecular weight is 219 g/mol. The van der Waals surface area contributed by atoms with Crippen molar-refractivity contribution in [2.24, 2.45) is 0 Å². The van der Waals surface area contributed by atoms with Crippen LogP contribution < -0.4 is 10.6 Å². The Balaban J connectivity index is 2.99. The summed E-state index contributed by atoms with van der Waals surface area (Å²) in [6, 6.07) is 7.71. The van der Waals surface area contributed by atoms with Crippen LogP contribution in [-0.2, 0) is 4.74 Å². The number of hydrogen-bond donors (Lipinski definition) is 1. The third kappa shape index (κ3) is 2.65. The standard InChI is InChI=1S/C12H17N3O/c1-9(8-16-3)15(2)12-5-4-11(14)6-10(12)7-13/h4-6,9H,8,14H2,1-3H3. The summed E-state index contributed by atoms with van der Waals surface area (Å²) in [5.74, 6) is 0. The van der Waals surface area contributed by atoms with Crippen LogP contribution in [0, 0.1) is 11.3 Å². The van der Waals surface area contributed by atoms with Crippen LogP contribution in [0.3, 0.4) is 0 Å². The summed E-state index contributed by atoms with van der Waals surface area (Å²) in [4.78, 5) is 2.02. The molecule has 86 valence electrons. The minimum Gasteiger partial charge on any atom is -0.399 e. The quantitative estimate of drug-likeness (QED) is 0.781. The Kier molecular flexibility index (Phi) is 4.15. The predicted molar refractivity (Wildman–Crippen MR) is 65.3 cm³/mol. The molecule has 1 aromatic carbocycles. The van der Waals surface area contributed by atoms with Gasteiger partial charge in [0.2, 0.25) is 0 Å². The lowest BCUT2D eigenvalue weighted by atomic mass is 10.1. The van der Waals surface area contributed by atoms with Gasteiger partial charge in [-0.15, -0.1) is 0 Å². The number of nitrogens with two attached hydrogens (primary N) is 1. The van der Waals surface area contributed by atoms with Gasteiger partial charge in [0.1, 0.15) is 6.07 Å². The molecule has 0 fully saturated rings. The molecule has 0 aromatic heterocycles. The van der Waals surface area contributed by atoms with Gasteiger partial charge in [-0.05, 0) is 25.1 Å². The second-order valence-corrected chi connectivity index (χ2v) is 3.80. The van der Waals surface area contributed by atoms with E-state index in [0.717, 1.165) is 5.69 Å². The van der Waals surface area contributed by atoms with Gasteiger partial charge < -0.3 is 15.4 Å². The summed E-state index contributed by atoms with van der Waals surface area (Å²) < 4.78 is 5.09. The molecular formula is C12H17N3O. The zero-order chi connectivity index (χ0) is 12.1. The van der Waals surface area contributed by atoms with Crippen molar-refractivity contribution < 1.29 is 4.74 Å². The number of likely N-dealkylation sites (N-methyl/N-ethyl adjacent to an activating group) is 1. The highest BCUT2D eigenvalue weighted by molar-refractivity contribution is 5.64. The van der Waals surface area contributed by atoms with E-state index in [0.29, 0.717) is 17.9 Å². The van der Waals surface area contributed by atoms with Crippen LogP contribution in [0.2, 0.25) is 0 Å². The molecule has 0 spiro atoms. The first-order chi connectivity index (χ1) is 7.60. The van der Waals surface area contributed by atoms with Crippen molar-refractivity contribution in [2.75, 3.05) is 31.4 Å². The number of nitrogens with zero attached hydrogens (tertiary/aromatic N) is 2. The number of anilines is 2. The van der Waals surface area contributed by atoms with Crippen LogP contribution in [0.1, 0.15) is 12.5 Å². The molecule has 0 radical (unpaired) electrons. The van der Waals surface area contributed by atoms with Crippen molar-refractivity contribution in [1.82, 2.24) is 0 Å². The third-order valence-electron chi connectivity index (χ3n) is 2.59. The second kappa shape index (κ2) is 5.38. The molecule has 2 N–H and O–H groups in total. The highest BCUT2D eigenvalue weighted by Crippen LogP contribution is 2.23. The molecule has 16 heavy (non-hydrogen) atoms. The number of rotatable bonds is 4. The highest BCUT2D eigenvalue weighted by Gasteiger charge is 2.13. The van der Waals surface area contributed by atoms with Gasteiger partial charge in [0.05, 0.1) is 17.9 Å². The van der Waals surface area contributed by atoms with Crippen LogP contribution >= 0.6 is 0 Å². The van der Waals surface area contributed by atoms with Gasteiger partial charge >= 0.3 is 0 Å². The molecule has 0 saturated heterocycles. The van der Waals surface area contributed by atoms with Crippen LogP contribution in [0.15, 0.2) is 18.2 Å². The van der Waals surface area contributed by atoms with E-state index < -0.39 is 0 Å². The highest BCUT2D eigenvalue weighted by atomic mass is 16.5. The molecule has 1 rings (SSSR count). The summed E-state index contributed by atoms with van der Waals surface area (Å²) in [7, 11) is 3.61. The maximum atomic E-state index is 9.04. The summed E-state index contributed by atoms with van der Waals surface area (Å²) in [6.07, 6.45) is 0. The molecule has 1 unspecified atom stereocenters. The smallest absolute Gasteiger partial charge is 0.101 e. The third-order valence-corrected chi connectivity index (χ3v) is 2.59. The maximum Gasteiger partial charge on any atom is 0.101 e. The number of ether oxygens (including phenoxy) is 1. The van der Waals surface area contributed by atoms with Gasteiger partial charge in [0.15, 0.2) is 0 Å². The first-order valence-electron chi connectivity index (χ1n) is 5.11. The topological polar surface area (TPSA) is 62.3 Å². The lowest BCUT2D eigenvalue weighted by Gasteiger charge is -2.27. The Labute approximate surface area is 96.2 Å². The fourth-order valence-corrected chi connectivity index (χ4v) is 1.54. The zero-order valence-corrected chi connectivity index (χ0v) is 9.90. The number of benzene rings is 1. The van der Waals surface area contributed by atoms with E-state index in [2.05, 4.69) is 6.07 Å². The molecular weight excluding hydrogens is 202 g/mol. The van der Waals surface area contributed by atoms with Crippen molar-refractivity contribution in [2.45, 2.75) is 13.0 Å². The van der Waals surface area contributed by atoms with Gasteiger partial charge in [-0.2, -0.15) is 5.26 Å². The van der Waals surface area contributed by atoms with Crippen LogP contribution in [0.4, 0.5) is 11.4 Å². The number of nitrogen functional groups attached to an aromatic ring is 1. The van der Waals surface area contributed by atoms with Crippen molar-refractivity contribution in [3.63, 3.8) is 0 Å². The van der Waals surface area contributed by atoms with Gasteiger partial charge in [-0.25, -0.2) is 0 Å². The van der Waals surface area contributed by atoms with Crippen molar-refractivity contribution >= 4 is 11.4 Å².